The first-order chi connectivity index (χ1) is 15.5. The molecule has 0 aliphatic carbocycles. The van der Waals surface area contributed by atoms with Gasteiger partial charge in [0.25, 0.3) is 0 Å². The van der Waals surface area contributed by atoms with E-state index in [4.69, 9.17) is 16.3 Å². The van der Waals surface area contributed by atoms with E-state index in [1.807, 2.05) is 30.3 Å². The zero-order valence-electron chi connectivity index (χ0n) is 17.6. The van der Waals surface area contributed by atoms with Crippen LogP contribution in [0.3, 0.4) is 0 Å². The first-order valence-electron chi connectivity index (χ1n) is 10.1. The van der Waals surface area contributed by atoms with E-state index in [9.17, 15) is 9.70 Å². The van der Waals surface area contributed by atoms with Crippen LogP contribution in [-0.4, -0.2) is 53.7 Å². The number of rotatable bonds is 8. The van der Waals surface area contributed by atoms with Crippen molar-refractivity contribution in [1.82, 2.24) is 14.5 Å². The van der Waals surface area contributed by atoms with Crippen LogP contribution in [0, 0.1) is 4.91 Å². The third-order valence-corrected chi connectivity index (χ3v) is 5.47. The van der Waals surface area contributed by atoms with Gasteiger partial charge in [0.05, 0.1) is 0 Å². The molecule has 1 aliphatic rings. The molecule has 10 heteroatoms. The molecule has 2 aromatic carbocycles. The summed E-state index contributed by atoms with van der Waals surface area (Å²) in [5.74, 6) is 0.766. The summed E-state index contributed by atoms with van der Waals surface area (Å²) in [6, 6.07) is 17.0. The van der Waals surface area contributed by atoms with E-state index in [1.165, 1.54) is 0 Å². The second kappa shape index (κ2) is 9.36. The topological polar surface area (TPSA) is 80.0 Å². The number of amides is 1. The standard InChI is InChI=1S/C22H21BClN5O3/c1-27-19-18(20(30)28(21(27)23)13-5-12-25-31)29(14-15-6-3-2-4-7-15)22(26-19)32-17-10-8-16(24)9-11-17/h2-4,6-11,23H,5,12-14H2,1H3. The van der Waals surface area contributed by atoms with Crippen molar-refractivity contribution in [1.29, 1.82) is 0 Å². The number of imidazole rings is 1. The predicted octanol–water partition coefficient (Wildman–Crippen LogP) is 3.41. The van der Waals surface area contributed by atoms with Gasteiger partial charge in [0.15, 0.2) is 0 Å². The van der Waals surface area contributed by atoms with Gasteiger partial charge < -0.3 is 0 Å². The minimum absolute atomic E-state index is 0.127. The molecule has 1 aromatic heterocycles. The molecule has 0 saturated carbocycles. The molecule has 162 valence electrons. The van der Waals surface area contributed by atoms with Crippen molar-refractivity contribution in [2.45, 2.75) is 13.0 Å². The summed E-state index contributed by atoms with van der Waals surface area (Å²) >= 11 is 5.99. The van der Waals surface area contributed by atoms with Crippen LogP contribution in [0.1, 0.15) is 22.5 Å². The van der Waals surface area contributed by atoms with Gasteiger partial charge in [0.2, 0.25) is 0 Å². The second-order valence-corrected chi connectivity index (χ2v) is 7.77. The molecule has 0 bridgehead atoms. The fraction of sp³-hybridized carbons (Fsp3) is 0.227. The maximum absolute atomic E-state index is 13.5. The summed E-state index contributed by atoms with van der Waals surface area (Å²) in [6.07, 6.45) is 0.443. The first-order valence-corrected chi connectivity index (χ1v) is 10.5. The first kappa shape index (κ1) is 21.8. The zero-order valence-corrected chi connectivity index (χ0v) is 18.3. The van der Waals surface area contributed by atoms with Crippen LogP contribution < -0.4 is 9.64 Å². The molecule has 0 atom stereocenters. The zero-order chi connectivity index (χ0) is 22.7. The van der Waals surface area contributed by atoms with Crippen LogP contribution in [0.25, 0.3) is 0 Å². The number of anilines is 1. The Morgan fingerprint density at radius 2 is 1.84 bits per heavy atom. The van der Waals surface area contributed by atoms with E-state index in [0.29, 0.717) is 47.5 Å². The van der Waals surface area contributed by atoms with Crippen LogP contribution >= 0.6 is 11.6 Å². The molecule has 0 saturated heterocycles. The van der Waals surface area contributed by atoms with Gasteiger partial charge in [-0.15, -0.1) is 0 Å². The number of hydrogen-bond acceptors (Lipinski definition) is 6. The number of carbonyl (C=O) groups excluding carboxylic acids is 1. The van der Waals surface area contributed by atoms with E-state index >= 15 is 0 Å². The van der Waals surface area contributed by atoms with E-state index in [1.54, 1.807) is 45.7 Å². The van der Waals surface area contributed by atoms with Crippen LogP contribution in [0.4, 0.5) is 5.82 Å². The van der Waals surface area contributed by atoms with Gasteiger partial charge in [0.1, 0.15) is 0 Å². The molecule has 0 unspecified atom stereocenters. The van der Waals surface area contributed by atoms with Gasteiger partial charge in [-0.2, -0.15) is 0 Å². The molecular formula is C22H21BClN5O3. The number of carbonyl (C=O) groups is 1. The van der Waals surface area contributed by atoms with Crippen molar-refractivity contribution in [2.75, 3.05) is 25.0 Å². The second-order valence-electron chi connectivity index (χ2n) is 7.33. The minimum atomic E-state index is -0.247. The van der Waals surface area contributed by atoms with Crippen LogP contribution in [0.15, 0.2) is 59.8 Å². The number of nitrogens with zero attached hydrogens (tertiary/aromatic N) is 5. The summed E-state index contributed by atoms with van der Waals surface area (Å²) < 4.78 is 7.82. The van der Waals surface area contributed by atoms with Crippen molar-refractivity contribution >= 4 is 36.5 Å². The van der Waals surface area contributed by atoms with Crippen LogP contribution in [0.5, 0.6) is 11.8 Å². The average molecular weight is 450 g/mol. The normalized spacial score (nSPS) is 13.3. The third kappa shape index (κ3) is 4.29. The van der Waals surface area contributed by atoms with E-state index in [2.05, 4.69) is 17.6 Å². The fourth-order valence-electron chi connectivity index (χ4n) is 3.54. The molecule has 4 rings (SSSR count). The Bertz CT molecular complexity index is 1150. The van der Waals surface area contributed by atoms with Gasteiger partial charge in [-0.05, 0) is 0 Å². The number of hydrogen-bond donors (Lipinski definition) is 0. The molecule has 32 heavy (non-hydrogen) atoms. The number of ether oxygens (including phenoxy) is 1. The van der Waals surface area contributed by atoms with Gasteiger partial charge in [-0.3, -0.25) is 0 Å². The summed E-state index contributed by atoms with van der Waals surface area (Å²) in [7, 11) is 5.83. The average Bonchev–Trinajstić information content (AvgIpc) is 3.15. The van der Waals surface area contributed by atoms with Gasteiger partial charge in [0, 0.05) is 0 Å². The van der Waals surface area contributed by atoms with Crippen LogP contribution in [0.2, 0.25) is 5.02 Å². The van der Waals surface area contributed by atoms with Crippen molar-refractivity contribution in [2.24, 2.45) is 5.18 Å². The van der Waals surface area contributed by atoms with Gasteiger partial charge in [-0.25, -0.2) is 0 Å². The molecule has 0 radical (unpaired) electrons. The van der Waals surface area contributed by atoms with Crippen molar-refractivity contribution < 1.29 is 9.53 Å². The molecule has 0 N–H and O–H groups in total. The van der Waals surface area contributed by atoms with Gasteiger partial charge in [-0.1, -0.05) is 0 Å². The maximum atomic E-state index is 13.5. The predicted molar refractivity (Wildman–Crippen MR) is 126 cm³/mol. The molecule has 1 amide bonds. The Balaban J connectivity index is 1.77. The molecule has 0 fully saturated rings. The van der Waals surface area contributed by atoms with Crippen LogP contribution in [-0.2, 0) is 6.54 Å². The Morgan fingerprint density at radius 3 is 2.53 bits per heavy atom. The summed E-state index contributed by atoms with van der Waals surface area (Å²) in [4.78, 5) is 31.9. The summed E-state index contributed by atoms with van der Waals surface area (Å²) in [5, 5.41) is 3.48. The van der Waals surface area contributed by atoms with E-state index < -0.39 is 0 Å². The number of aromatic nitrogens is 2. The molecule has 3 aromatic rings. The van der Waals surface area contributed by atoms with Crippen molar-refractivity contribution in [3.05, 3.63) is 75.8 Å². The molecule has 1 aliphatic heterocycles. The van der Waals surface area contributed by atoms with E-state index in [0.717, 1.165) is 5.56 Å². The monoisotopic (exact) mass is 449 g/mol. The fourth-order valence-corrected chi connectivity index (χ4v) is 3.66. The summed E-state index contributed by atoms with van der Waals surface area (Å²) in [6.45, 7) is 0.848. The molecule has 0 spiro atoms. The van der Waals surface area contributed by atoms with E-state index in [-0.39, 0.29) is 18.5 Å². The SMILES string of the molecule is B=C1N(CCCN=O)C(=O)c2c(nc(Oc3ccc(Cl)cc3)n2Cc2ccccc2)N1C. The Kier molecular flexibility index (Phi) is 6.36. The Labute approximate surface area is 191 Å². The third-order valence-electron chi connectivity index (χ3n) is 5.22. The number of benzene rings is 2. The number of nitroso groups, excluding NO2 is 1. The number of fused-ring (bicyclic) bond motifs is 1. The molecular weight excluding hydrogens is 429 g/mol. The van der Waals surface area contributed by atoms with Crippen molar-refractivity contribution in [3.63, 3.8) is 0 Å². The summed E-state index contributed by atoms with van der Waals surface area (Å²) in [5.41, 5.74) is 1.87. The van der Waals surface area contributed by atoms with Gasteiger partial charge >= 0.3 is 191 Å². The molecule has 8 nitrogen and oxygen atoms in total. The Hall–Kier alpha value is -3.46. The number of halogens is 1. The van der Waals surface area contributed by atoms with Crippen molar-refractivity contribution in [3.8, 4) is 11.8 Å². The quantitative estimate of drug-likeness (QED) is 0.299. The molecule has 2 heterocycles. The Morgan fingerprint density at radius 1 is 1.12 bits per heavy atom.